The number of carbonyl (C=O) groups is 1. The van der Waals surface area contributed by atoms with Gasteiger partial charge in [0.05, 0.1) is 0 Å². The number of hydrogen-bond acceptors (Lipinski definition) is 3. The topological polar surface area (TPSA) is 58.6 Å². The van der Waals surface area contributed by atoms with Gasteiger partial charge in [-0.3, -0.25) is 10.0 Å². The summed E-state index contributed by atoms with van der Waals surface area (Å²) in [7, 11) is 0. The average Bonchev–Trinajstić information content (AvgIpc) is 2.27. The van der Waals surface area contributed by atoms with Crippen molar-refractivity contribution >= 4 is 5.91 Å². The Morgan fingerprint density at radius 1 is 1.50 bits per heavy atom. The van der Waals surface area contributed by atoms with E-state index in [1.807, 2.05) is 24.3 Å². The monoisotopic (exact) mass is 193 g/mol. The molecule has 1 aromatic rings. The van der Waals surface area contributed by atoms with Gasteiger partial charge in [0.2, 0.25) is 0 Å². The Morgan fingerprint density at radius 3 is 3.07 bits per heavy atom. The number of carbonyl (C=O) groups excluding carboxylic acids is 1. The summed E-state index contributed by atoms with van der Waals surface area (Å²) in [6, 6.07) is 7.60. The fourth-order valence-electron chi connectivity index (χ4n) is 1.58. The minimum atomic E-state index is -0.574. The molecule has 2 rings (SSSR count). The molecule has 1 aliphatic rings. The zero-order valence-corrected chi connectivity index (χ0v) is 7.56. The molecule has 1 atom stereocenters. The molecule has 1 aromatic carbocycles. The van der Waals surface area contributed by atoms with Gasteiger partial charge in [0, 0.05) is 0 Å². The molecule has 1 amide bonds. The highest BCUT2D eigenvalue weighted by Crippen LogP contribution is 2.26. The van der Waals surface area contributed by atoms with Crippen LogP contribution in [-0.2, 0) is 11.2 Å². The number of rotatable bonds is 1. The number of amides is 1. The van der Waals surface area contributed by atoms with Crippen molar-refractivity contribution < 1.29 is 14.7 Å². The molecule has 1 heterocycles. The molecular formula is C10H11NO3. The van der Waals surface area contributed by atoms with E-state index < -0.39 is 12.0 Å². The maximum Gasteiger partial charge on any atom is 0.284 e. The van der Waals surface area contributed by atoms with Crippen molar-refractivity contribution in [2.24, 2.45) is 0 Å². The fourth-order valence-corrected chi connectivity index (χ4v) is 1.58. The van der Waals surface area contributed by atoms with Crippen LogP contribution in [0.4, 0.5) is 0 Å². The van der Waals surface area contributed by atoms with Crippen LogP contribution in [-0.4, -0.2) is 17.2 Å². The van der Waals surface area contributed by atoms with E-state index >= 15 is 0 Å². The van der Waals surface area contributed by atoms with Gasteiger partial charge >= 0.3 is 0 Å². The molecule has 4 nitrogen and oxygen atoms in total. The first-order valence-corrected chi connectivity index (χ1v) is 4.50. The third-order valence-electron chi connectivity index (χ3n) is 2.32. The number of benzene rings is 1. The van der Waals surface area contributed by atoms with Gasteiger partial charge in [-0.25, -0.2) is 5.48 Å². The molecule has 0 spiro atoms. The maximum absolute atomic E-state index is 11.1. The van der Waals surface area contributed by atoms with Crippen molar-refractivity contribution in [2.45, 2.75) is 18.9 Å². The number of para-hydroxylation sites is 1. The average molecular weight is 193 g/mol. The van der Waals surface area contributed by atoms with Gasteiger partial charge in [0.15, 0.2) is 6.10 Å². The summed E-state index contributed by atoms with van der Waals surface area (Å²) in [6.07, 6.45) is 0.826. The summed E-state index contributed by atoms with van der Waals surface area (Å²) in [6.45, 7) is 0. The highest BCUT2D eigenvalue weighted by Gasteiger charge is 2.25. The van der Waals surface area contributed by atoms with E-state index in [-0.39, 0.29) is 0 Å². The number of aryl methyl sites for hydroxylation is 1. The molecule has 0 bridgehead atoms. The fraction of sp³-hybridized carbons (Fsp3) is 0.300. The molecule has 0 aromatic heterocycles. The van der Waals surface area contributed by atoms with Crippen molar-refractivity contribution in [1.29, 1.82) is 0 Å². The standard InChI is InChI=1S/C10H11NO3/c12-10(11-13)9-6-5-7-3-1-2-4-8(7)14-9/h1-4,9,13H,5-6H2,(H,11,12). The van der Waals surface area contributed by atoms with E-state index in [0.717, 1.165) is 17.7 Å². The third-order valence-corrected chi connectivity index (χ3v) is 2.32. The lowest BCUT2D eigenvalue weighted by molar-refractivity contribution is -0.137. The normalized spacial score (nSPS) is 19.4. The Hall–Kier alpha value is -1.55. The van der Waals surface area contributed by atoms with Crippen LogP contribution in [0, 0.1) is 0 Å². The molecule has 1 unspecified atom stereocenters. The summed E-state index contributed by atoms with van der Waals surface area (Å²) in [4.78, 5) is 11.1. The largest absolute Gasteiger partial charge is 0.480 e. The second-order valence-corrected chi connectivity index (χ2v) is 3.23. The van der Waals surface area contributed by atoms with Crippen molar-refractivity contribution in [3.8, 4) is 5.75 Å². The third kappa shape index (κ3) is 1.56. The first-order valence-electron chi connectivity index (χ1n) is 4.50. The van der Waals surface area contributed by atoms with Gasteiger partial charge in [-0.05, 0) is 24.5 Å². The van der Waals surface area contributed by atoms with Gasteiger partial charge < -0.3 is 4.74 Å². The smallest absolute Gasteiger partial charge is 0.284 e. The van der Waals surface area contributed by atoms with Crippen LogP contribution in [0.3, 0.4) is 0 Å². The van der Waals surface area contributed by atoms with Gasteiger partial charge in [-0.2, -0.15) is 0 Å². The van der Waals surface area contributed by atoms with Crippen molar-refractivity contribution in [2.75, 3.05) is 0 Å². The maximum atomic E-state index is 11.1. The van der Waals surface area contributed by atoms with Crippen LogP contribution >= 0.6 is 0 Å². The van der Waals surface area contributed by atoms with E-state index in [1.54, 1.807) is 5.48 Å². The number of nitrogens with one attached hydrogen (secondary N) is 1. The van der Waals surface area contributed by atoms with Crippen LogP contribution < -0.4 is 10.2 Å². The van der Waals surface area contributed by atoms with E-state index in [2.05, 4.69) is 0 Å². The lowest BCUT2D eigenvalue weighted by atomic mass is 10.0. The van der Waals surface area contributed by atoms with Crippen LogP contribution in [0.15, 0.2) is 24.3 Å². The first kappa shape index (κ1) is 9.02. The van der Waals surface area contributed by atoms with Crippen LogP contribution in [0.2, 0.25) is 0 Å². The van der Waals surface area contributed by atoms with Crippen molar-refractivity contribution in [1.82, 2.24) is 5.48 Å². The molecule has 14 heavy (non-hydrogen) atoms. The lowest BCUT2D eigenvalue weighted by Crippen LogP contribution is -2.38. The van der Waals surface area contributed by atoms with Gasteiger partial charge in [-0.15, -0.1) is 0 Å². The van der Waals surface area contributed by atoms with E-state index in [1.165, 1.54) is 0 Å². The highest BCUT2D eigenvalue weighted by atomic mass is 16.5. The summed E-state index contributed by atoms with van der Waals surface area (Å²) in [5.41, 5.74) is 2.71. The van der Waals surface area contributed by atoms with E-state index in [0.29, 0.717) is 6.42 Å². The van der Waals surface area contributed by atoms with Crippen LogP contribution in [0.1, 0.15) is 12.0 Å². The molecule has 0 saturated carbocycles. The number of hydrogen-bond donors (Lipinski definition) is 2. The zero-order chi connectivity index (χ0) is 9.97. The predicted molar refractivity (Wildman–Crippen MR) is 49.1 cm³/mol. The van der Waals surface area contributed by atoms with Gasteiger partial charge in [0.25, 0.3) is 5.91 Å². The molecule has 4 heteroatoms. The molecule has 0 aliphatic carbocycles. The van der Waals surface area contributed by atoms with Gasteiger partial charge in [0.1, 0.15) is 5.75 Å². The summed E-state index contributed by atoms with van der Waals surface area (Å²) in [5.74, 6) is 0.242. The Kier molecular flexibility index (Phi) is 2.37. The van der Waals surface area contributed by atoms with Crippen LogP contribution in [0.5, 0.6) is 5.75 Å². The molecule has 2 N–H and O–H groups in total. The molecule has 1 aliphatic heterocycles. The summed E-state index contributed by atoms with van der Waals surface area (Å²) >= 11 is 0. The Morgan fingerprint density at radius 2 is 2.29 bits per heavy atom. The molecule has 0 radical (unpaired) electrons. The zero-order valence-electron chi connectivity index (χ0n) is 7.56. The minimum absolute atomic E-state index is 0.487. The number of fused-ring (bicyclic) bond motifs is 1. The lowest BCUT2D eigenvalue weighted by Gasteiger charge is -2.24. The number of hydroxylamine groups is 1. The SMILES string of the molecule is O=C(NO)C1CCc2ccccc2O1. The molecule has 0 fully saturated rings. The van der Waals surface area contributed by atoms with Crippen molar-refractivity contribution in [3.63, 3.8) is 0 Å². The summed E-state index contributed by atoms with van der Waals surface area (Å²) < 4.78 is 5.41. The van der Waals surface area contributed by atoms with E-state index in [9.17, 15) is 4.79 Å². The number of ether oxygens (including phenoxy) is 1. The summed E-state index contributed by atoms with van der Waals surface area (Å²) in [5, 5.41) is 8.46. The van der Waals surface area contributed by atoms with E-state index in [4.69, 9.17) is 9.94 Å². The quantitative estimate of drug-likeness (QED) is 0.514. The Balaban J connectivity index is 2.17. The highest BCUT2D eigenvalue weighted by molar-refractivity contribution is 5.80. The Labute approximate surface area is 81.5 Å². The predicted octanol–water partition coefficient (Wildman–Crippen LogP) is 0.886. The second-order valence-electron chi connectivity index (χ2n) is 3.23. The Bertz CT molecular complexity index is 351. The molecular weight excluding hydrogens is 182 g/mol. The molecule has 74 valence electrons. The minimum Gasteiger partial charge on any atom is -0.480 e. The second kappa shape index (κ2) is 3.67. The van der Waals surface area contributed by atoms with Crippen LogP contribution in [0.25, 0.3) is 0 Å². The molecule has 0 saturated heterocycles. The van der Waals surface area contributed by atoms with Gasteiger partial charge in [-0.1, -0.05) is 18.2 Å². The first-order chi connectivity index (χ1) is 6.81. The van der Waals surface area contributed by atoms with Crippen molar-refractivity contribution in [3.05, 3.63) is 29.8 Å².